The number of carbonyl (C=O) groups excluding carboxylic acids is 3. The van der Waals surface area contributed by atoms with Crippen LogP contribution in [-0.4, -0.2) is 47.5 Å². The van der Waals surface area contributed by atoms with Crippen LogP contribution in [0.4, 0.5) is 14.9 Å². The largest absolute Gasteiger partial charge is 0.465 e. The number of pyridine rings is 1. The number of ether oxygens (including phenoxy) is 2. The van der Waals surface area contributed by atoms with Gasteiger partial charge in [0.15, 0.2) is 0 Å². The number of benzodiazepines with no additional fused rings is 1. The number of hydrogen-bond donors (Lipinski definition) is 1. The van der Waals surface area contributed by atoms with Crippen LogP contribution in [0.5, 0.6) is 0 Å². The number of fused-ring (bicyclic) bond motifs is 1. The Hall–Kier alpha value is -4.60. The first-order valence-corrected chi connectivity index (χ1v) is 11.8. The number of hydrogen-bond acceptors (Lipinski definition) is 7. The Labute approximate surface area is 219 Å². The van der Waals surface area contributed by atoms with E-state index in [4.69, 9.17) is 9.47 Å². The molecule has 1 unspecified atom stereocenters. The Morgan fingerprint density at radius 3 is 2.39 bits per heavy atom. The van der Waals surface area contributed by atoms with E-state index >= 15 is 0 Å². The molecular weight excluding hydrogens is 491 g/mol. The molecule has 1 aromatic heterocycles. The molecular formula is C28H27FN4O5. The number of amides is 2. The van der Waals surface area contributed by atoms with Crippen LogP contribution in [0.2, 0.25) is 0 Å². The first-order valence-electron chi connectivity index (χ1n) is 11.8. The Balaban J connectivity index is 1.86. The van der Waals surface area contributed by atoms with Crippen LogP contribution >= 0.6 is 0 Å². The van der Waals surface area contributed by atoms with Crippen LogP contribution in [0.15, 0.2) is 71.9 Å². The number of nitrogens with one attached hydrogen (secondary N) is 1. The molecule has 0 saturated heterocycles. The number of aliphatic imine (C=N–C) groups is 1. The highest BCUT2D eigenvalue weighted by Crippen LogP contribution is 2.30. The van der Waals surface area contributed by atoms with Crippen molar-refractivity contribution in [3.63, 3.8) is 0 Å². The van der Waals surface area contributed by atoms with Gasteiger partial charge in [0.2, 0.25) is 6.17 Å². The first-order chi connectivity index (χ1) is 18.1. The van der Waals surface area contributed by atoms with Crippen molar-refractivity contribution in [2.45, 2.75) is 39.1 Å². The number of benzene rings is 2. The summed E-state index contributed by atoms with van der Waals surface area (Å²) in [4.78, 5) is 49.2. The summed E-state index contributed by atoms with van der Waals surface area (Å²) in [5.41, 5.74) is 0.791. The molecule has 0 aliphatic carbocycles. The first kappa shape index (κ1) is 26.5. The molecule has 3 aromatic rings. The van der Waals surface area contributed by atoms with Gasteiger partial charge in [-0.05, 0) is 51.1 Å². The maximum Gasteiger partial charge on any atom is 0.409 e. The molecule has 0 bridgehead atoms. The lowest BCUT2D eigenvalue weighted by molar-refractivity contribution is -0.120. The molecule has 10 heteroatoms. The van der Waals surface area contributed by atoms with Crippen LogP contribution in [0.1, 0.15) is 48.0 Å². The lowest BCUT2D eigenvalue weighted by Gasteiger charge is -2.26. The second kappa shape index (κ2) is 10.8. The minimum absolute atomic E-state index is 0.145. The monoisotopic (exact) mass is 518 g/mol. The standard InChI is InChI=1S/C28H27FN4O5/c1-28(2,3)38-27(36)32-24-25(34)33(16-21-18(26(35)37-4)12-9-15-30-21)22-14-8-6-11-19(22)23(31-24)17-10-5-7-13-20(17)29/h5-15,24H,16H2,1-4H3,(H,32,36). The zero-order valence-corrected chi connectivity index (χ0v) is 21.4. The molecule has 1 atom stereocenters. The van der Waals surface area contributed by atoms with E-state index < -0.39 is 35.6 Å². The average molecular weight is 519 g/mol. The fourth-order valence-corrected chi connectivity index (χ4v) is 3.98. The van der Waals surface area contributed by atoms with Gasteiger partial charge in [-0.15, -0.1) is 0 Å². The minimum Gasteiger partial charge on any atom is -0.465 e. The predicted octanol–water partition coefficient (Wildman–Crippen LogP) is 4.24. The molecule has 0 radical (unpaired) electrons. The zero-order chi connectivity index (χ0) is 27.4. The van der Waals surface area contributed by atoms with Crippen molar-refractivity contribution in [1.29, 1.82) is 0 Å². The number of rotatable bonds is 5. The number of methoxy groups -OCH3 is 1. The maximum absolute atomic E-state index is 15.0. The van der Waals surface area contributed by atoms with E-state index in [2.05, 4.69) is 15.3 Å². The highest BCUT2D eigenvalue weighted by Gasteiger charge is 2.35. The van der Waals surface area contributed by atoms with Crippen LogP contribution in [0.25, 0.3) is 0 Å². The van der Waals surface area contributed by atoms with Gasteiger partial charge in [-0.3, -0.25) is 15.1 Å². The fourth-order valence-electron chi connectivity index (χ4n) is 3.98. The average Bonchev–Trinajstić information content (AvgIpc) is 2.98. The van der Waals surface area contributed by atoms with Crippen molar-refractivity contribution < 1.29 is 28.2 Å². The Morgan fingerprint density at radius 2 is 1.71 bits per heavy atom. The Kier molecular flexibility index (Phi) is 7.52. The van der Waals surface area contributed by atoms with Crippen molar-refractivity contribution in [2.75, 3.05) is 12.0 Å². The Bertz CT molecular complexity index is 1420. The third-order valence-electron chi connectivity index (χ3n) is 5.59. The molecule has 2 aromatic carbocycles. The molecule has 38 heavy (non-hydrogen) atoms. The third kappa shape index (κ3) is 5.69. The molecule has 1 aliphatic rings. The third-order valence-corrected chi connectivity index (χ3v) is 5.59. The topological polar surface area (TPSA) is 110 Å². The summed E-state index contributed by atoms with van der Waals surface area (Å²) in [6, 6.07) is 16.0. The van der Waals surface area contributed by atoms with Gasteiger partial charge in [0.05, 0.1) is 36.3 Å². The van der Waals surface area contributed by atoms with Crippen molar-refractivity contribution in [2.24, 2.45) is 4.99 Å². The van der Waals surface area contributed by atoms with E-state index in [1.165, 1.54) is 24.3 Å². The molecule has 0 fully saturated rings. The number of halogens is 1. The van der Waals surface area contributed by atoms with Gasteiger partial charge in [0, 0.05) is 17.3 Å². The predicted molar refractivity (Wildman–Crippen MR) is 138 cm³/mol. The van der Waals surface area contributed by atoms with Gasteiger partial charge >= 0.3 is 12.1 Å². The molecule has 2 heterocycles. The summed E-state index contributed by atoms with van der Waals surface area (Å²) in [7, 11) is 1.25. The van der Waals surface area contributed by atoms with E-state index in [1.54, 1.807) is 75.4 Å². The van der Waals surface area contributed by atoms with Gasteiger partial charge in [-0.25, -0.2) is 19.0 Å². The molecule has 0 spiro atoms. The SMILES string of the molecule is COC(=O)c1cccnc1CN1C(=O)C(NC(=O)OC(C)(C)C)N=C(c2ccccc2F)c2ccccc21. The summed E-state index contributed by atoms with van der Waals surface area (Å²) in [5.74, 6) is -1.79. The number of esters is 1. The normalized spacial score (nSPS) is 15.2. The molecule has 1 aliphatic heterocycles. The number of nitrogens with zero attached hydrogens (tertiary/aromatic N) is 3. The van der Waals surface area contributed by atoms with E-state index in [9.17, 15) is 18.8 Å². The van der Waals surface area contributed by atoms with Crippen LogP contribution in [-0.2, 0) is 20.8 Å². The maximum atomic E-state index is 15.0. The fraction of sp³-hybridized carbons (Fsp3) is 0.250. The quantitative estimate of drug-likeness (QED) is 0.506. The Morgan fingerprint density at radius 1 is 1.03 bits per heavy atom. The molecule has 196 valence electrons. The number of aromatic nitrogens is 1. The van der Waals surface area contributed by atoms with Gasteiger partial charge in [-0.2, -0.15) is 0 Å². The molecule has 1 N–H and O–H groups in total. The van der Waals surface area contributed by atoms with E-state index in [-0.39, 0.29) is 29.1 Å². The van der Waals surface area contributed by atoms with Gasteiger partial charge < -0.3 is 14.4 Å². The summed E-state index contributed by atoms with van der Waals surface area (Å²) in [6.45, 7) is 4.92. The van der Waals surface area contributed by atoms with Crippen molar-refractivity contribution >= 4 is 29.4 Å². The van der Waals surface area contributed by atoms with Crippen molar-refractivity contribution in [3.05, 3.63) is 95.1 Å². The van der Waals surface area contributed by atoms with E-state index in [0.29, 0.717) is 11.3 Å². The van der Waals surface area contributed by atoms with E-state index in [0.717, 1.165) is 0 Å². The molecule has 2 amide bonds. The number of alkyl carbamates (subject to hydrolysis) is 1. The summed E-state index contributed by atoms with van der Waals surface area (Å²) < 4.78 is 25.2. The van der Waals surface area contributed by atoms with Crippen LogP contribution in [0, 0.1) is 5.82 Å². The number of anilines is 1. The second-order valence-electron chi connectivity index (χ2n) is 9.44. The molecule has 0 saturated carbocycles. The van der Waals surface area contributed by atoms with Gasteiger partial charge in [-0.1, -0.05) is 30.3 Å². The second-order valence-corrected chi connectivity index (χ2v) is 9.44. The highest BCUT2D eigenvalue weighted by atomic mass is 19.1. The van der Waals surface area contributed by atoms with Crippen molar-refractivity contribution in [3.8, 4) is 0 Å². The number of carbonyl (C=O) groups is 3. The summed E-state index contributed by atoms with van der Waals surface area (Å²) in [6.07, 6.45) is -0.836. The molecule has 4 rings (SSSR count). The number of para-hydroxylation sites is 1. The van der Waals surface area contributed by atoms with E-state index in [1.807, 2.05) is 0 Å². The smallest absolute Gasteiger partial charge is 0.409 e. The zero-order valence-electron chi connectivity index (χ0n) is 21.4. The lowest BCUT2D eigenvalue weighted by Crippen LogP contribution is -2.48. The van der Waals surface area contributed by atoms with Crippen LogP contribution < -0.4 is 10.2 Å². The minimum atomic E-state index is -1.46. The highest BCUT2D eigenvalue weighted by molar-refractivity contribution is 6.20. The summed E-state index contributed by atoms with van der Waals surface area (Å²) >= 11 is 0. The van der Waals surface area contributed by atoms with Gasteiger partial charge in [0.25, 0.3) is 5.91 Å². The summed E-state index contributed by atoms with van der Waals surface area (Å²) in [5, 5.41) is 2.51. The van der Waals surface area contributed by atoms with Crippen LogP contribution in [0.3, 0.4) is 0 Å². The van der Waals surface area contributed by atoms with Gasteiger partial charge in [0.1, 0.15) is 11.4 Å². The van der Waals surface area contributed by atoms with Crippen molar-refractivity contribution in [1.82, 2.24) is 10.3 Å². The lowest BCUT2D eigenvalue weighted by atomic mass is 9.99. The molecule has 9 nitrogen and oxygen atoms in total.